The molecular formula is C43H31N9Na4O16S3. The number of carboxylic acid groups (broad SMARTS) is 2. The summed E-state index contributed by atoms with van der Waals surface area (Å²) in [4.78, 5) is 50.5. The van der Waals surface area contributed by atoms with Crippen molar-refractivity contribution in [2.45, 2.75) is 27.7 Å². The Balaban J connectivity index is 0.00000481. The van der Waals surface area contributed by atoms with Crippen molar-refractivity contribution in [1.82, 2.24) is 4.72 Å². The van der Waals surface area contributed by atoms with Gasteiger partial charge in [-0.25, -0.2) is 13.1 Å². The Hall–Kier alpha value is -4.67. The molecule has 1 atom stereocenters. The molecule has 0 radical (unpaired) electrons. The van der Waals surface area contributed by atoms with E-state index in [9.17, 15) is 74.0 Å². The van der Waals surface area contributed by atoms with E-state index in [2.05, 4.69) is 35.9 Å². The van der Waals surface area contributed by atoms with Gasteiger partial charge < -0.3 is 35.3 Å². The maximum Gasteiger partial charge on any atom is 1.00 e. The molecule has 2 amide bonds. The number of carbonyl (C=O) groups excluding carboxylic acids is 4. The van der Waals surface area contributed by atoms with Gasteiger partial charge in [-0.3, -0.25) is 23.7 Å². The molecule has 0 aromatic heterocycles. The number of carbonyl (C=O) groups is 4. The van der Waals surface area contributed by atoms with Crippen LogP contribution in [0.15, 0.2) is 154 Å². The topological polar surface area (TPSA) is 405 Å². The van der Waals surface area contributed by atoms with E-state index >= 15 is 0 Å². The predicted octanol–water partition coefficient (Wildman–Crippen LogP) is -10.0. The Kier molecular flexibility index (Phi) is 24.9. The summed E-state index contributed by atoms with van der Waals surface area (Å²) < 4.78 is 96.5. The SMILES string of the molecule is CNS(=O)(=O)c1ccc(N=NC2C(=O)N(c3ccc(C=Cc4ccc(N=C([O-])C=CC(=O)Nc5ccc(N=Nc6ccc([O-])c(C(=O)[O-])c6)cc5)cc4S(=O)(=O)O)c(S(=O)(=O)O)c3)N=C2C)c(C(=O)[O-])c1.[Na+].[Na+].[Na+].[Na+]. The quantitative estimate of drug-likeness (QED) is 0.0128. The van der Waals surface area contributed by atoms with E-state index in [4.69, 9.17) is 0 Å². The molecule has 0 fully saturated rings. The van der Waals surface area contributed by atoms with Crippen LogP contribution in [0, 0.1) is 0 Å². The fourth-order valence-electron chi connectivity index (χ4n) is 6.16. The fourth-order valence-corrected chi connectivity index (χ4v) is 8.32. The van der Waals surface area contributed by atoms with Crippen LogP contribution in [0.25, 0.3) is 12.2 Å². The van der Waals surface area contributed by atoms with Crippen molar-refractivity contribution in [1.29, 1.82) is 0 Å². The van der Waals surface area contributed by atoms with Gasteiger partial charge in [0.15, 0.2) is 6.04 Å². The maximum atomic E-state index is 13.4. The van der Waals surface area contributed by atoms with Gasteiger partial charge in [0.05, 0.1) is 51.0 Å². The van der Waals surface area contributed by atoms with E-state index in [0.717, 1.165) is 97.0 Å². The van der Waals surface area contributed by atoms with E-state index in [0.29, 0.717) is 0 Å². The first-order chi connectivity index (χ1) is 33.3. The largest absolute Gasteiger partial charge is 1.00 e. The number of aliphatic imine (C=N–C) groups is 1. The average molecular weight is 1120 g/mol. The summed E-state index contributed by atoms with van der Waals surface area (Å²) in [5, 5.41) is 69.8. The van der Waals surface area contributed by atoms with Crippen molar-refractivity contribution in [2.75, 3.05) is 17.4 Å². The zero-order chi connectivity index (χ0) is 52.0. The molecule has 1 aliphatic rings. The van der Waals surface area contributed by atoms with Crippen molar-refractivity contribution >= 4 is 112 Å². The molecule has 1 heterocycles. The monoisotopic (exact) mass is 1120 g/mol. The Bertz CT molecular complexity index is 3580. The minimum absolute atomic E-state index is 0. The van der Waals surface area contributed by atoms with Crippen LogP contribution in [0.4, 0.5) is 34.1 Å². The van der Waals surface area contributed by atoms with Crippen molar-refractivity contribution in [3.8, 4) is 5.75 Å². The van der Waals surface area contributed by atoms with Crippen molar-refractivity contribution < 1.29 is 192 Å². The first-order valence-electron chi connectivity index (χ1n) is 19.6. The number of nitrogens with one attached hydrogen (secondary N) is 2. The normalized spacial score (nSPS) is 14.0. The van der Waals surface area contributed by atoms with Gasteiger partial charge in [-0.2, -0.15) is 47.4 Å². The minimum atomic E-state index is -5.09. The molecule has 0 aliphatic carbocycles. The first-order valence-corrected chi connectivity index (χ1v) is 24.0. The molecule has 5 aromatic carbocycles. The smallest absolute Gasteiger partial charge is 0.872 e. The van der Waals surface area contributed by atoms with Crippen LogP contribution < -0.4 is 154 Å². The van der Waals surface area contributed by atoms with Gasteiger partial charge in [0.2, 0.25) is 15.9 Å². The van der Waals surface area contributed by atoms with Crippen LogP contribution in [0.1, 0.15) is 38.8 Å². The molecular weight excluding hydrogens is 1090 g/mol. The summed E-state index contributed by atoms with van der Waals surface area (Å²) >= 11 is 0. The molecule has 0 bridgehead atoms. The Labute approximate surface area is 515 Å². The third-order valence-electron chi connectivity index (χ3n) is 9.60. The van der Waals surface area contributed by atoms with Gasteiger partial charge in [0, 0.05) is 17.3 Å². The van der Waals surface area contributed by atoms with Crippen molar-refractivity contribution in [3.05, 3.63) is 131 Å². The zero-order valence-corrected chi connectivity index (χ0v) is 50.5. The van der Waals surface area contributed by atoms with E-state index in [1.807, 2.05) is 4.72 Å². The van der Waals surface area contributed by atoms with Crippen molar-refractivity contribution in [3.63, 3.8) is 0 Å². The number of anilines is 2. The Morgan fingerprint density at radius 3 is 1.83 bits per heavy atom. The van der Waals surface area contributed by atoms with E-state index in [1.165, 1.54) is 43.3 Å². The van der Waals surface area contributed by atoms with Crippen LogP contribution in [0.3, 0.4) is 0 Å². The summed E-state index contributed by atoms with van der Waals surface area (Å²) in [6.45, 7) is 1.35. The van der Waals surface area contributed by atoms with E-state index < -0.39 is 97.5 Å². The molecule has 0 spiro atoms. The number of hydrogen-bond donors (Lipinski definition) is 4. The molecule has 25 nitrogen and oxygen atoms in total. The summed E-state index contributed by atoms with van der Waals surface area (Å²) in [7, 11) is -13.1. The standard InChI is InChI=1S/C43H35N9O16S3.4Na/c1-23-40(50-49-34-15-14-31(69(61,62)44-2)22-32(34)42(57)58)41(56)52(51-23)30-13-6-25(37(21-30)71(66,67)68)4-3-24-5-7-28(20-36(24)70(63,64)65)46-39(55)18-17-38(54)45-26-8-10-27(11-9-26)47-48-29-12-16-35(53)33(19-29)43(59)60;;;;/h3-22,40,44,53H,1-2H3,(H,45,54)(H,46,55)(H,57,58)(H,59,60)(H,63,64,65)(H,66,67,68);;;;/q;4*+1/p-4. The number of hydrogen-bond acceptors (Lipinski definition) is 20. The third kappa shape index (κ3) is 17.4. The number of carboxylic acids is 2. The third-order valence-corrected chi connectivity index (χ3v) is 12.8. The second-order valence-electron chi connectivity index (χ2n) is 14.4. The Morgan fingerprint density at radius 2 is 1.24 bits per heavy atom. The molecule has 75 heavy (non-hydrogen) atoms. The number of rotatable bonds is 17. The van der Waals surface area contributed by atoms with Gasteiger partial charge >= 0.3 is 118 Å². The summed E-state index contributed by atoms with van der Waals surface area (Å²) in [6, 6.07) is 16.6. The summed E-state index contributed by atoms with van der Waals surface area (Å²) in [5.41, 5.74) is -2.03. The minimum Gasteiger partial charge on any atom is -0.872 e. The molecule has 1 unspecified atom stereocenters. The summed E-state index contributed by atoms with van der Waals surface area (Å²) in [5.74, 6) is -6.95. The van der Waals surface area contributed by atoms with Gasteiger partial charge in [0.25, 0.3) is 26.1 Å². The molecule has 6 rings (SSSR count). The Morgan fingerprint density at radius 1 is 0.680 bits per heavy atom. The molecule has 1 aliphatic heterocycles. The second-order valence-corrected chi connectivity index (χ2v) is 19.1. The van der Waals surface area contributed by atoms with Gasteiger partial charge in [-0.1, -0.05) is 36.1 Å². The molecule has 5 aromatic rings. The van der Waals surface area contributed by atoms with Crippen LogP contribution in [0.5, 0.6) is 5.75 Å². The average Bonchev–Trinajstić information content (AvgIpc) is 3.60. The fraction of sp³-hybridized carbons (Fsp3) is 0.0698. The number of azo groups is 2. The number of sulfonamides is 1. The van der Waals surface area contributed by atoms with Gasteiger partial charge in [-0.05, 0) is 121 Å². The molecule has 4 N–H and O–H groups in total. The van der Waals surface area contributed by atoms with Crippen LogP contribution in [-0.4, -0.2) is 82.8 Å². The first kappa shape index (κ1) is 66.4. The van der Waals surface area contributed by atoms with Crippen LogP contribution in [-0.2, 0) is 39.8 Å². The second kappa shape index (κ2) is 28.1. The number of amides is 2. The molecule has 32 heteroatoms. The predicted molar refractivity (Wildman–Crippen MR) is 243 cm³/mol. The van der Waals surface area contributed by atoms with E-state index in [1.54, 1.807) is 0 Å². The zero-order valence-electron chi connectivity index (χ0n) is 40.1. The molecule has 0 saturated carbocycles. The maximum absolute atomic E-state index is 13.4. The van der Waals surface area contributed by atoms with Crippen LogP contribution in [0.2, 0.25) is 0 Å². The summed E-state index contributed by atoms with van der Waals surface area (Å²) in [6.07, 6.45) is 3.68. The number of nitrogens with zero attached hydrogens (tertiary/aromatic N) is 7. The number of hydrazone groups is 1. The van der Waals surface area contributed by atoms with Gasteiger partial charge in [-0.15, -0.1) is 0 Å². The molecule has 366 valence electrons. The molecule has 0 saturated heterocycles. The number of benzene rings is 5. The number of aromatic carboxylic acids is 2. The van der Waals surface area contributed by atoms with E-state index in [-0.39, 0.29) is 169 Å². The van der Waals surface area contributed by atoms with Gasteiger partial charge in [0.1, 0.15) is 9.79 Å². The van der Waals surface area contributed by atoms with Crippen molar-refractivity contribution in [2.24, 2.45) is 30.6 Å². The van der Waals surface area contributed by atoms with Crippen LogP contribution >= 0.6 is 0 Å².